The van der Waals surface area contributed by atoms with Crippen LogP contribution in [0.15, 0.2) is 206 Å². The first kappa shape index (κ1) is 30.0. The van der Waals surface area contributed by atoms with E-state index in [-0.39, 0.29) is 0 Å². The molecule has 0 unspecified atom stereocenters. The van der Waals surface area contributed by atoms with Gasteiger partial charge in [-0.1, -0.05) is 152 Å². The highest BCUT2D eigenvalue weighted by Crippen LogP contribution is 2.42. The lowest BCUT2D eigenvalue weighted by molar-refractivity contribution is 1.17. The zero-order chi connectivity index (χ0) is 34.4. The van der Waals surface area contributed by atoms with Crippen molar-refractivity contribution in [2.45, 2.75) is 0 Å². The molecule has 0 aliphatic heterocycles. The molecule has 2 heteroatoms. The van der Waals surface area contributed by atoms with E-state index in [1.807, 2.05) is 0 Å². The average Bonchev–Trinajstić information content (AvgIpc) is 3.56. The van der Waals surface area contributed by atoms with Crippen LogP contribution in [-0.2, 0) is 0 Å². The van der Waals surface area contributed by atoms with Gasteiger partial charge < -0.3 is 9.47 Å². The molecular weight excluding hydrogens is 629 g/mol. The summed E-state index contributed by atoms with van der Waals surface area (Å²) in [6.45, 7) is 0. The molecule has 52 heavy (non-hydrogen) atoms. The van der Waals surface area contributed by atoms with Gasteiger partial charge in [0.25, 0.3) is 0 Å². The molecule has 0 saturated heterocycles. The molecule has 0 spiro atoms. The van der Waals surface area contributed by atoms with Crippen molar-refractivity contribution < 1.29 is 0 Å². The van der Waals surface area contributed by atoms with Crippen LogP contribution in [0.2, 0.25) is 0 Å². The van der Waals surface area contributed by atoms with E-state index in [0.717, 1.165) is 22.7 Å². The Balaban J connectivity index is 1.11. The molecular formula is C50H34N2. The Morgan fingerprint density at radius 2 is 0.808 bits per heavy atom. The van der Waals surface area contributed by atoms with Crippen LogP contribution in [-0.4, -0.2) is 4.57 Å². The Hall–Kier alpha value is -6.90. The van der Waals surface area contributed by atoms with Crippen LogP contribution < -0.4 is 4.90 Å². The van der Waals surface area contributed by atoms with Gasteiger partial charge in [-0.3, -0.25) is 0 Å². The smallest absolute Gasteiger partial charge is 0.0541 e. The first-order chi connectivity index (χ1) is 25.8. The van der Waals surface area contributed by atoms with Gasteiger partial charge >= 0.3 is 0 Å². The molecule has 1 heterocycles. The molecule has 0 aliphatic rings. The highest BCUT2D eigenvalue weighted by Gasteiger charge is 2.18. The fourth-order valence-corrected chi connectivity index (χ4v) is 8.01. The van der Waals surface area contributed by atoms with Crippen LogP contribution in [0.25, 0.3) is 71.3 Å². The summed E-state index contributed by atoms with van der Waals surface area (Å²) in [5, 5.41) is 7.47. The van der Waals surface area contributed by atoms with E-state index in [0.29, 0.717) is 0 Å². The average molecular weight is 663 g/mol. The minimum Gasteiger partial charge on any atom is -0.310 e. The van der Waals surface area contributed by atoms with Crippen LogP contribution in [0.3, 0.4) is 0 Å². The molecule has 0 saturated carbocycles. The van der Waals surface area contributed by atoms with Crippen molar-refractivity contribution >= 4 is 60.4 Å². The minimum absolute atomic E-state index is 1.10. The number of hydrogen-bond donors (Lipinski definition) is 0. The summed E-state index contributed by atoms with van der Waals surface area (Å²) in [7, 11) is 0. The quantitative estimate of drug-likeness (QED) is 0.172. The monoisotopic (exact) mass is 662 g/mol. The van der Waals surface area contributed by atoms with Crippen LogP contribution >= 0.6 is 0 Å². The van der Waals surface area contributed by atoms with Crippen molar-refractivity contribution in [3.63, 3.8) is 0 Å². The van der Waals surface area contributed by atoms with Gasteiger partial charge in [-0.05, 0) is 93.0 Å². The van der Waals surface area contributed by atoms with Crippen molar-refractivity contribution in [3.8, 4) is 27.9 Å². The molecule has 9 aromatic carbocycles. The zero-order valence-electron chi connectivity index (χ0n) is 28.5. The lowest BCUT2D eigenvalue weighted by Gasteiger charge is -2.27. The summed E-state index contributed by atoms with van der Waals surface area (Å²) in [5.41, 5.74) is 11.8. The Labute approximate surface area is 303 Å². The van der Waals surface area contributed by atoms with Gasteiger partial charge in [-0.25, -0.2) is 0 Å². The van der Waals surface area contributed by atoms with E-state index < -0.39 is 0 Å². The highest BCUT2D eigenvalue weighted by molar-refractivity contribution is 6.09. The summed E-state index contributed by atoms with van der Waals surface area (Å²) >= 11 is 0. The van der Waals surface area contributed by atoms with Crippen molar-refractivity contribution in [2.75, 3.05) is 4.90 Å². The van der Waals surface area contributed by atoms with Gasteiger partial charge in [0.15, 0.2) is 0 Å². The molecule has 10 aromatic rings. The van der Waals surface area contributed by atoms with Crippen molar-refractivity contribution in [3.05, 3.63) is 206 Å². The molecule has 0 fully saturated rings. The highest BCUT2D eigenvalue weighted by atomic mass is 15.1. The molecule has 0 N–H and O–H groups in total. The number of fused-ring (bicyclic) bond motifs is 5. The van der Waals surface area contributed by atoms with Gasteiger partial charge in [-0.2, -0.15) is 0 Å². The van der Waals surface area contributed by atoms with E-state index in [4.69, 9.17) is 0 Å². The zero-order valence-corrected chi connectivity index (χ0v) is 28.5. The van der Waals surface area contributed by atoms with Gasteiger partial charge in [0.05, 0.1) is 16.7 Å². The molecule has 0 aliphatic carbocycles. The third kappa shape index (κ3) is 4.96. The van der Waals surface area contributed by atoms with Gasteiger partial charge in [0, 0.05) is 33.2 Å². The van der Waals surface area contributed by atoms with E-state index in [2.05, 4.69) is 216 Å². The minimum atomic E-state index is 1.10. The number of anilines is 3. The SMILES string of the molecule is c1ccc(-c2cccc3cccc(-c4ccc(N(c5ccc(-n6c7ccccc7c7ccccc76)cc5)c5cccc6ccccc56)cc4)c23)cc1. The number of hydrogen-bond acceptors (Lipinski definition) is 1. The molecule has 2 nitrogen and oxygen atoms in total. The fourth-order valence-electron chi connectivity index (χ4n) is 8.01. The molecule has 0 bridgehead atoms. The number of rotatable bonds is 6. The first-order valence-corrected chi connectivity index (χ1v) is 17.9. The van der Waals surface area contributed by atoms with Crippen LogP contribution in [0.5, 0.6) is 0 Å². The van der Waals surface area contributed by atoms with E-state index in [1.165, 1.54) is 65.6 Å². The molecule has 0 atom stereocenters. The van der Waals surface area contributed by atoms with Gasteiger partial charge in [0.1, 0.15) is 0 Å². The second-order valence-corrected chi connectivity index (χ2v) is 13.3. The number of nitrogens with zero attached hydrogens (tertiary/aromatic N) is 2. The molecule has 0 amide bonds. The summed E-state index contributed by atoms with van der Waals surface area (Å²) in [5.74, 6) is 0. The standard InChI is InChI=1S/C50H34N2/c1-2-13-36(14-3-1)43-22-10-17-38-18-11-23-44(50(38)43)37-27-29-39(30-28-37)51(47-26-12-16-35-15-4-5-19-42(35)47)40-31-33-41(34-32-40)52-48-24-8-6-20-45(48)46-21-7-9-25-49(46)52/h1-34H. The number of benzene rings is 9. The lowest BCUT2D eigenvalue weighted by atomic mass is 9.91. The lowest BCUT2D eigenvalue weighted by Crippen LogP contribution is -2.10. The maximum absolute atomic E-state index is 2.39. The Bertz CT molecular complexity index is 2820. The summed E-state index contributed by atoms with van der Waals surface area (Å²) in [6.07, 6.45) is 0. The van der Waals surface area contributed by atoms with E-state index >= 15 is 0 Å². The predicted octanol–water partition coefficient (Wildman–Crippen LogP) is 13.9. The van der Waals surface area contributed by atoms with E-state index in [1.54, 1.807) is 0 Å². The summed E-state index contributed by atoms with van der Waals surface area (Å²) < 4.78 is 2.37. The molecule has 0 radical (unpaired) electrons. The number of aromatic nitrogens is 1. The third-order valence-electron chi connectivity index (χ3n) is 10.4. The number of para-hydroxylation sites is 2. The van der Waals surface area contributed by atoms with Crippen molar-refractivity contribution in [1.82, 2.24) is 4.57 Å². The maximum Gasteiger partial charge on any atom is 0.0541 e. The topological polar surface area (TPSA) is 8.17 Å². The fraction of sp³-hybridized carbons (Fsp3) is 0. The predicted molar refractivity (Wildman–Crippen MR) is 221 cm³/mol. The van der Waals surface area contributed by atoms with E-state index in [9.17, 15) is 0 Å². The second kappa shape index (κ2) is 12.5. The summed E-state index contributed by atoms with van der Waals surface area (Å²) in [4.78, 5) is 2.39. The summed E-state index contributed by atoms with van der Waals surface area (Å²) in [6, 6.07) is 74.6. The van der Waals surface area contributed by atoms with Gasteiger partial charge in [-0.15, -0.1) is 0 Å². The van der Waals surface area contributed by atoms with Crippen LogP contribution in [0.4, 0.5) is 17.1 Å². The molecule has 1 aromatic heterocycles. The molecule has 10 rings (SSSR count). The van der Waals surface area contributed by atoms with Crippen LogP contribution in [0.1, 0.15) is 0 Å². The Morgan fingerprint density at radius 1 is 0.327 bits per heavy atom. The maximum atomic E-state index is 2.39. The normalized spacial score (nSPS) is 11.5. The van der Waals surface area contributed by atoms with Crippen molar-refractivity contribution in [1.29, 1.82) is 0 Å². The largest absolute Gasteiger partial charge is 0.310 e. The second-order valence-electron chi connectivity index (χ2n) is 13.3. The van der Waals surface area contributed by atoms with Gasteiger partial charge in [0.2, 0.25) is 0 Å². The first-order valence-electron chi connectivity index (χ1n) is 17.9. The Morgan fingerprint density at radius 3 is 1.46 bits per heavy atom. The van der Waals surface area contributed by atoms with Crippen LogP contribution in [0, 0.1) is 0 Å². The Kier molecular flexibility index (Phi) is 7.18. The molecule has 244 valence electrons. The van der Waals surface area contributed by atoms with Crippen molar-refractivity contribution in [2.24, 2.45) is 0 Å². The third-order valence-corrected chi connectivity index (χ3v) is 10.4.